The highest BCUT2D eigenvalue weighted by atomic mass is 79.9. The Bertz CT molecular complexity index is 641. The fourth-order valence-corrected chi connectivity index (χ4v) is 2.10. The number of hydrogen-bond acceptors (Lipinski definition) is 3. The maximum atomic E-state index is 13.6. The molecule has 0 aliphatic heterocycles. The lowest BCUT2D eigenvalue weighted by Gasteiger charge is -2.10. The van der Waals surface area contributed by atoms with Gasteiger partial charge in [-0.15, -0.1) is 0 Å². The summed E-state index contributed by atoms with van der Waals surface area (Å²) in [7, 11) is 1.46. The van der Waals surface area contributed by atoms with Gasteiger partial charge in [0.05, 0.1) is 18.5 Å². The lowest BCUT2D eigenvalue weighted by atomic mass is 10.1. The van der Waals surface area contributed by atoms with E-state index in [1.807, 2.05) is 0 Å². The highest BCUT2D eigenvalue weighted by Crippen LogP contribution is 2.27. The summed E-state index contributed by atoms with van der Waals surface area (Å²) in [6.45, 7) is 0. The van der Waals surface area contributed by atoms with Crippen molar-refractivity contribution in [2.75, 3.05) is 18.2 Å². The molecule has 1 amide bonds. The van der Waals surface area contributed by atoms with Crippen LogP contribution in [0, 0.1) is 5.82 Å². The van der Waals surface area contributed by atoms with Crippen LogP contribution in [0.1, 0.15) is 10.4 Å². The van der Waals surface area contributed by atoms with Crippen LogP contribution in [0.25, 0.3) is 0 Å². The zero-order valence-electron chi connectivity index (χ0n) is 10.6. The number of nitrogens with two attached hydrogens (primary N) is 1. The first kappa shape index (κ1) is 14.3. The average Bonchev–Trinajstić information content (AvgIpc) is 2.43. The van der Waals surface area contributed by atoms with Gasteiger partial charge < -0.3 is 15.8 Å². The second kappa shape index (κ2) is 5.92. The van der Waals surface area contributed by atoms with Gasteiger partial charge in [-0.1, -0.05) is 6.07 Å². The minimum absolute atomic E-state index is 0.0910. The Balaban J connectivity index is 2.29. The molecular formula is C14H12BrFN2O2. The minimum Gasteiger partial charge on any atom is -0.495 e. The van der Waals surface area contributed by atoms with E-state index >= 15 is 0 Å². The molecule has 0 aromatic heterocycles. The highest BCUT2D eigenvalue weighted by Gasteiger charge is 2.13. The van der Waals surface area contributed by atoms with Crippen molar-refractivity contribution in [2.24, 2.45) is 0 Å². The third-order valence-corrected chi connectivity index (χ3v) is 3.36. The first-order valence-corrected chi connectivity index (χ1v) is 6.51. The molecule has 0 saturated heterocycles. The summed E-state index contributed by atoms with van der Waals surface area (Å²) < 4.78 is 19.2. The normalized spacial score (nSPS) is 10.2. The topological polar surface area (TPSA) is 64.3 Å². The molecule has 0 unspecified atom stereocenters. The number of methoxy groups -OCH3 is 1. The van der Waals surface area contributed by atoms with Gasteiger partial charge in [-0.05, 0) is 46.3 Å². The van der Waals surface area contributed by atoms with Crippen molar-refractivity contribution in [3.8, 4) is 5.75 Å². The number of nitrogens with one attached hydrogen (secondary N) is 1. The maximum absolute atomic E-state index is 13.6. The number of anilines is 2. The van der Waals surface area contributed by atoms with Crippen LogP contribution >= 0.6 is 15.9 Å². The Morgan fingerprint density at radius 2 is 2.10 bits per heavy atom. The van der Waals surface area contributed by atoms with E-state index in [0.29, 0.717) is 21.5 Å². The maximum Gasteiger partial charge on any atom is 0.255 e. The second-order valence-electron chi connectivity index (χ2n) is 4.01. The summed E-state index contributed by atoms with van der Waals surface area (Å²) in [4.78, 5) is 12.1. The summed E-state index contributed by atoms with van der Waals surface area (Å²) in [5, 5.41) is 2.51. The molecule has 2 aromatic rings. The number of para-hydroxylation sites is 1. The largest absolute Gasteiger partial charge is 0.495 e. The van der Waals surface area contributed by atoms with E-state index in [1.54, 1.807) is 24.3 Å². The van der Waals surface area contributed by atoms with Crippen LogP contribution < -0.4 is 15.8 Å². The van der Waals surface area contributed by atoms with E-state index in [0.717, 1.165) is 0 Å². The number of nitrogen functional groups attached to an aromatic ring is 1. The number of amides is 1. The van der Waals surface area contributed by atoms with Crippen molar-refractivity contribution in [3.63, 3.8) is 0 Å². The molecule has 0 atom stereocenters. The number of hydrogen-bond donors (Lipinski definition) is 2. The summed E-state index contributed by atoms with van der Waals surface area (Å²) in [6, 6.07) is 9.05. The van der Waals surface area contributed by atoms with E-state index < -0.39 is 11.7 Å². The van der Waals surface area contributed by atoms with Crippen molar-refractivity contribution in [2.45, 2.75) is 0 Å². The first-order chi connectivity index (χ1) is 9.52. The summed E-state index contributed by atoms with van der Waals surface area (Å²) in [6.07, 6.45) is 0. The fourth-order valence-electron chi connectivity index (χ4n) is 1.66. The summed E-state index contributed by atoms with van der Waals surface area (Å²) in [5.41, 5.74) is 6.52. The molecule has 2 aromatic carbocycles. The van der Waals surface area contributed by atoms with Crippen LogP contribution in [0.15, 0.2) is 40.9 Å². The Morgan fingerprint density at radius 3 is 2.75 bits per heavy atom. The predicted octanol–water partition coefficient (Wildman–Crippen LogP) is 3.43. The van der Waals surface area contributed by atoms with Gasteiger partial charge in [-0.2, -0.15) is 0 Å². The smallest absolute Gasteiger partial charge is 0.255 e. The van der Waals surface area contributed by atoms with E-state index in [1.165, 1.54) is 19.2 Å². The molecule has 104 valence electrons. The van der Waals surface area contributed by atoms with Gasteiger partial charge in [-0.25, -0.2) is 4.39 Å². The van der Waals surface area contributed by atoms with Crippen molar-refractivity contribution in [1.29, 1.82) is 0 Å². The van der Waals surface area contributed by atoms with E-state index in [2.05, 4.69) is 21.2 Å². The van der Waals surface area contributed by atoms with Crippen LogP contribution in [0.4, 0.5) is 15.8 Å². The zero-order chi connectivity index (χ0) is 14.7. The molecule has 0 saturated carbocycles. The highest BCUT2D eigenvalue weighted by molar-refractivity contribution is 9.10. The van der Waals surface area contributed by atoms with Gasteiger partial charge in [0, 0.05) is 10.0 Å². The molecule has 0 bridgehead atoms. The SMILES string of the molecule is COc1cc(C(=O)Nc2c(F)cccc2Br)ccc1N. The predicted molar refractivity (Wildman–Crippen MR) is 79.5 cm³/mol. The summed E-state index contributed by atoms with van der Waals surface area (Å²) in [5.74, 6) is -0.575. The van der Waals surface area contributed by atoms with Gasteiger partial charge in [-0.3, -0.25) is 4.79 Å². The van der Waals surface area contributed by atoms with E-state index in [4.69, 9.17) is 10.5 Å². The monoisotopic (exact) mass is 338 g/mol. The van der Waals surface area contributed by atoms with Crippen molar-refractivity contribution in [3.05, 3.63) is 52.3 Å². The van der Waals surface area contributed by atoms with Gasteiger partial charge in [0.2, 0.25) is 0 Å². The molecule has 0 spiro atoms. The molecule has 0 aliphatic carbocycles. The van der Waals surface area contributed by atoms with Crippen LogP contribution in [-0.2, 0) is 0 Å². The molecule has 0 radical (unpaired) electrons. The molecule has 20 heavy (non-hydrogen) atoms. The van der Waals surface area contributed by atoms with Gasteiger partial charge >= 0.3 is 0 Å². The first-order valence-electron chi connectivity index (χ1n) is 5.72. The minimum atomic E-state index is -0.518. The standard InChI is InChI=1S/C14H12BrFN2O2/c1-20-12-7-8(5-6-11(12)17)14(19)18-13-9(15)3-2-4-10(13)16/h2-7H,17H2,1H3,(H,18,19). The number of ether oxygens (including phenoxy) is 1. The molecule has 2 rings (SSSR count). The average molecular weight is 339 g/mol. The molecular weight excluding hydrogens is 327 g/mol. The lowest BCUT2D eigenvalue weighted by Crippen LogP contribution is -2.13. The number of carbonyl (C=O) groups excluding carboxylic acids is 1. The summed E-state index contributed by atoms with van der Waals surface area (Å²) >= 11 is 3.19. The quantitative estimate of drug-likeness (QED) is 0.842. The van der Waals surface area contributed by atoms with Crippen LogP contribution in [0.5, 0.6) is 5.75 Å². The Kier molecular flexibility index (Phi) is 4.24. The number of rotatable bonds is 3. The van der Waals surface area contributed by atoms with Crippen molar-refractivity contribution >= 4 is 33.2 Å². The molecule has 6 heteroatoms. The number of halogens is 2. The third kappa shape index (κ3) is 2.91. The molecule has 0 fully saturated rings. The Hall–Kier alpha value is -2.08. The molecule has 3 N–H and O–H groups in total. The lowest BCUT2D eigenvalue weighted by molar-refractivity contribution is 0.102. The van der Waals surface area contributed by atoms with E-state index in [-0.39, 0.29) is 5.69 Å². The second-order valence-corrected chi connectivity index (χ2v) is 4.86. The van der Waals surface area contributed by atoms with Crippen molar-refractivity contribution < 1.29 is 13.9 Å². The van der Waals surface area contributed by atoms with Crippen LogP contribution in [0.3, 0.4) is 0 Å². The Morgan fingerprint density at radius 1 is 1.35 bits per heavy atom. The van der Waals surface area contributed by atoms with Crippen LogP contribution in [-0.4, -0.2) is 13.0 Å². The van der Waals surface area contributed by atoms with Gasteiger partial charge in [0.25, 0.3) is 5.91 Å². The van der Waals surface area contributed by atoms with Crippen molar-refractivity contribution in [1.82, 2.24) is 0 Å². The van der Waals surface area contributed by atoms with Gasteiger partial charge in [0.1, 0.15) is 11.6 Å². The number of carbonyl (C=O) groups is 1. The van der Waals surface area contributed by atoms with Gasteiger partial charge in [0.15, 0.2) is 0 Å². The van der Waals surface area contributed by atoms with Crippen LogP contribution in [0.2, 0.25) is 0 Å². The molecule has 0 heterocycles. The van der Waals surface area contributed by atoms with E-state index in [9.17, 15) is 9.18 Å². The Labute approximate surface area is 123 Å². The zero-order valence-corrected chi connectivity index (χ0v) is 12.2. The fraction of sp³-hybridized carbons (Fsp3) is 0.0714. The number of benzene rings is 2. The third-order valence-electron chi connectivity index (χ3n) is 2.70. The molecule has 4 nitrogen and oxygen atoms in total. The molecule has 0 aliphatic rings.